The van der Waals surface area contributed by atoms with Gasteiger partial charge in [-0.15, -0.1) is 0 Å². The van der Waals surface area contributed by atoms with Crippen LogP contribution in [0.4, 0.5) is 0 Å². The summed E-state index contributed by atoms with van der Waals surface area (Å²) in [4.78, 5) is 9.40. The Kier molecular flexibility index (Phi) is 4.81. The Bertz CT molecular complexity index is 195. The van der Waals surface area contributed by atoms with Crippen molar-refractivity contribution in [2.45, 2.75) is 27.7 Å². The molecular weight excluding hydrogens is 171 g/mol. The summed E-state index contributed by atoms with van der Waals surface area (Å²) in [6.07, 6.45) is 2.18. The van der Waals surface area contributed by atoms with Crippen molar-refractivity contribution in [1.29, 1.82) is 0 Å². The average molecular weight is 190 g/mol. The number of hydrogen-bond donors (Lipinski definition) is 1. The quantitative estimate of drug-likeness (QED) is 0.691. The standard InChI is InChI=1S/C9H19O2P/c1-8(2)5-6-12(10,11)7-9(3)4/h5-6,8-9H,7H2,1-4H3,(H,10,11). The van der Waals surface area contributed by atoms with Gasteiger partial charge in [0.05, 0.1) is 0 Å². The van der Waals surface area contributed by atoms with Crippen LogP contribution in [0.2, 0.25) is 0 Å². The molecule has 0 fully saturated rings. The summed E-state index contributed by atoms with van der Waals surface area (Å²) in [5.41, 5.74) is 0. The van der Waals surface area contributed by atoms with E-state index in [1.165, 1.54) is 5.82 Å². The molecule has 3 heteroatoms. The Morgan fingerprint density at radius 1 is 1.33 bits per heavy atom. The Hall–Kier alpha value is -0.0700. The number of rotatable bonds is 4. The second-order valence-corrected chi connectivity index (χ2v) is 6.09. The van der Waals surface area contributed by atoms with Crippen molar-refractivity contribution >= 4 is 7.37 Å². The van der Waals surface area contributed by atoms with Gasteiger partial charge in [-0.05, 0) is 17.7 Å². The fourth-order valence-corrected chi connectivity index (χ4v) is 2.67. The third-order valence-electron chi connectivity index (χ3n) is 1.33. The molecule has 0 radical (unpaired) electrons. The lowest BCUT2D eigenvalue weighted by molar-refractivity contribution is 0.479. The van der Waals surface area contributed by atoms with Gasteiger partial charge in [-0.1, -0.05) is 33.8 Å². The third-order valence-corrected chi connectivity index (χ3v) is 3.22. The molecule has 0 aliphatic rings. The van der Waals surface area contributed by atoms with Gasteiger partial charge < -0.3 is 4.89 Å². The van der Waals surface area contributed by atoms with E-state index in [1.54, 1.807) is 6.08 Å². The van der Waals surface area contributed by atoms with Crippen LogP contribution in [0.3, 0.4) is 0 Å². The summed E-state index contributed by atoms with van der Waals surface area (Å²) < 4.78 is 11.4. The first-order valence-electron chi connectivity index (χ1n) is 4.34. The fraction of sp³-hybridized carbons (Fsp3) is 0.778. The summed E-state index contributed by atoms with van der Waals surface area (Å²) in [6.45, 7) is 7.88. The van der Waals surface area contributed by atoms with Gasteiger partial charge in [-0.2, -0.15) is 0 Å². The fourth-order valence-electron chi connectivity index (χ4n) is 0.891. The Balaban J connectivity index is 4.13. The van der Waals surface area contributed by atoms with Crippen molar-refractivity contribution in [2.24, 2.45) is 11.8 Å². The smallest absolute Gasteiger partial charge is 0.222 e. The molecular formula is C9H19O2P. The molecule has 0 aromatic carbocycles. The molecule has 1 atom stereocenters. The first-order valence-corrected chi connectivity index (χ1v) is 6.26. The van der Waals surface area contributed by atoms with E-state index in [-0.39, 0.29) is 5.92 Å². The van der Waals surface area contributed by atoms with Crippen LogP contribution in [0.15, 0.2) is 11.9 Å². The monoisotopic (exact) mass is 190 g/mol. The van der Waals surface area contributed by atoms with E-state index in [0.29, 0.717) is 12.1 Å². The molecule has 0 saturated heterocycles. The largest absolute Gasteiger partial charge is 0.341 e. The van der Waals surface area contributed by atoms with Crippen molar-refractivity contribution in [2.75, 3.05) is 6.16 Å². The third kappa shape index (κ3) is 6.63. The highest BCUT2D eigenvalue weighted by atomic mass is 31.2. The molecule has 12 heavy (non-hydrogen) atoms. The van der Waals surface area contributed by atoms with Gasteiger partial charge in [0.25, 0.3) is 0 Å². The van der Waals surface area contributed by atoms with Gasteiger partial charge in [-0.25, -0.2) is 0 Å². The van der Waals surface area contributed by atoms with E-state index in [1.807, 2.05) is 27.7 Å². The zero-order chi connectivity index (χ0) is 9.78. The van der Waals surface area contributed by atoms with Crippen LogP contribution in [0.25, 0.3) is 0 Å². The molecule has 0 aromatic heterocycles. The lowest BCUT2D eigenvalue weighted by Crippen LogP contribution is -1.95. The lowest BCUT2D eigenvalue weighted by atomic mass is 10.2. The van der Waals surface area contributed by atoms with Gasteiger partial charge in [-0.3, -0.25) is 4.57 Å². The molecule has 1 N–H and O–H groups in total. The van der Waals surface area contributed by atoms with Crippen LogP contribution in [-0.2, 0) is 4.57 Å². The first kappa shape index (κ1) is 11.9. The molecule has 2 nitrogen and oxygen atoms in total. The molecule has 1 unspecified atom stereocenters. The topological polar surface area (TPSA) is 37.3 Å². The SMILES string of the molecule is CC(C)C=CP(=O)(O)CC(C)C. The first-order chi connectivity index (χ1) is 5.33. The molecule has 0 rings (SSSR count). The minimum atomic E-state index is -2.98. The summed E-state index contributed by atoms with van der Waals surface area (Å²) in [5.74, 6) is 2.09. The predicted octanol–water partition coefficient (Wildman–Crippen LogP) is 3.08. The van der Waals surface area contributed by atoms with Crippen LogP contribution in [0.5, 0.6) is 0 Å². The molecule has 0 aliphatic heterocycles. The van der Waals surface area contributed by atoms with E-state index in [4.69, 9.17) is 0 Å². The lowest BCUT2D eigenvalue weighted by Gasteiger charge is -2.09. The van der Waals surface area contributed by atoms with Gasteiger partial charge in [0.2, 0.25) is 7.37 Å². The molecule has 72 valence electrons. The average Bonchev–Trinajstić information content (AvgIpc) is 1.81. The van der Waals surface area contributed by atoms with Gasteiger partial charge in [0, 0.05) is 6.16 Å². The van der Waals surface area contributed by atoms with Crippen molar-refractivity contribution < 1.29 is 9.46 Å². The summed E-state index contributed by atoms with van der Waals surface area (Å²) in [6, 6.07) is 0. The van der Waals surface area contributed by atoms with E-state index in [0.717, 1.165) is 0 Å². The van der Waals surface area contributed by atoms with Gasteiger partial charge >= 0.3 is 0 Å². The Morgan fingerprint density at radius 2 is 1.83 bits per heavy atom. The molecule has 0 saturated carbocycles. The molecule has 0 aromatic rings. The maximum absolute atomic E-state index is 11.4. The second kappa shape index (κ2) is 4.84. The van der Waals surface area contributed by atoms with Crippen molar-refractivity contribution in [3.05, 3.63) is 11.9 Å². The van der Waals surface area contributed by atoms with Gasteiger partial charge in [0.1, 0.15) is 0 Å². The zero-order valence-corrected chi connectivity index (χ0v) is 9.21. The highest BCUT2D eigenvalue weighted by Crippen LogP contribution is 2.44. The molecule has 0 amide bonds. The minimum absolute atomic E-state index is 0.276. The second-order valence-electron chi connectivity index (χ2n) is 3.92. The van der Waals surface area contributed by atoms with Crippen molar-refractivity contribution in [1.82, 2.24) is 0 Å². The minimum Gasteiger partial charge on any atom is -0.341 e. The van der Waals surface area contributed by atoms with Crippen molar-refractivity contribution in [3.8, 4) is 0 Å². The maximum atomic E-state index is 11.4. The molecule has 0 spiro atoms. The highest BCUT2D eigenvalue weighted by molar-refractivity contribution is 7.61. The molecule has 0 aliphatic carbocycles. The van der Waals surface area contributed by atoms with E-state index in [2.05, 4.69) is 0 Å². The Morgan fingerprint density at radius 3 is 2.17 bits per heavy atom. The van der Waals surface area contributed by atoms with Crippen molar-refractivity contribution in [3.63, 3.8) is 0 Å². The van der Waals surface area contributed by atoms with Crippen LogP contribution in [0.1, 0.15) is 27.7 Å². The summed E-state index contributed by atoms with van der Waals surface area (Å²) in [7, 11) is -2.98. The number of hydrogen-bond acceptors (Lipinski definition) is 1. The zero-order valence-electron chi connectivity index (χ0n) is 8.32. The van der Waals surface area contributed by atoms with Crippen LogP contribution >= 0.6 is 7.37 Å². The highest BCUT2D eigenvalue weighted by Gasteiger charge is 2.15. The maximum Gasteiger partial charge on any atom is 0.222 e. The summed E-state index contributed by atoms with van der Waals surface area (Å²) in [5, 5.41) is 0. The summed E-state index contributed by atoms with van der Waals surface area (Å²) >= 11 is 0. The van der Waals surface area contributed by atoms with Crippen LogP contribution < -0.4 is 0 Å². The molecule has 0 bridgehead atoms. The Labute approximate surface area is 75.1 Å². The van der Waals surface area contributed by atoms with Gasteiger partial charge in [0.15, 0.2) is 0 Å². The normalized spacial score (nSPS) is 17.6. The molecule has 0 heterocycles. The van der Waals surface area contributed by atoms with E-state index in [9.17, 15) is 9.46 Å². The van der Waals surface area contributed by atoms with E-state index < -0.39 is 7.37 Å². The number of allylic oxidation sites excluding steroid dienone is 1. The predicted molar refractivity (Wildman–Crippen MR) is 53.5 cm³/mol. The van der Waals surface area contributed by atoms with Crippen LogP contribution in [-0.4, -0.2) is 11.1 Å². The van der Waals surface area contributed by atoms with E-state index >= 15 is 0 Å². The van der Waals surface area contributed by atoms with Crippen LogP contribution in [0, 0.1) is 11.8 Å².